The van der Waals surface area contributed by atoms with Crippen molar-refractivity contribution in [1.82, 2.24) is 31.2 Å². The van der Waals surface area contributed by atoms with Crippen LogP contribution in [0.25, 0.3) is 21.8 Å². The van der Waals surface area contributed by atoms with Gasteiger partial charge in [-0.2, -0.15) is 0 Å². The Labute approximate surface area is 312 Å². The molecule has 10 N–H and O–H groups in total. The topological polar surface area (TPSA) is 232 Å². The van der Waals surface area contributed by atoms with Gasteiger partial charge >= 0.3 is 5.97 Å². The molecule has 0 aliphatic rings. The van der Waals surface area contributed by atoms with E-state index < -0.39 is 59.8 Å². The van der Waals surface area contributed by atoms with Crippen molar-refractivity contribution < 1.29 is 34.2 Å². The largest absolute Gasteiger partial charge is 0.508 e. The van der Waals surface area contributed by atoms with E-state index in [0.29, 0.717) is 24.0 Å². The van der Waals surface area contributed by atoms with E-state index in [1.165, 1.54) is 19.1 Å². The van der Waals surface area contributed by atoms with Gasteiger partial charge < -0.3 is 47.2 Å². The van der Waals surface area contributed by atoms with E-state index in [-0.39, 0.29) is 31.4 Å². The van der Waals surface area contributed by atoms with E-state index in [9.17, 15) is 34.2 Å². The van der Waals surface area contributed by atoms with E-state index in [1.807, 2.05) is 55.5 Å². The van der Waals surface area contributed by atoms with Crippen LogP contribution in [0.3, 0.4) is 0 Å². The van der Waals surface area contributed by atoms with Gasteiger partial charge in [-0.3, -0.25) is 19.2 Å². The monoisotopic (exact) mass is 737 g/mol. The van der Waals surface area contributed by atoms with Gasteiger partial charge in [-0.15, -0.1) is 0 Å². The van der Waals surface area contributed by atoms with Crippen molar-refractivity contribution in [2.24, 2.45) is 5.73 Å². The summed E-state index contributed by atoms with van der Waals surface area (Å²) in [5, 5.41) is 32.3. The zero-order chi connectivity index (χ0) is 38.8. The molecule has 0 spiro atoms. The number of phenols is 1. The van der Waals surface area contributed by atoms with Crippen molar-refractivity contribution in [2.75, 3.05) is 0 Å². The summed E-state index contributed by atoms with van der Waals surface area (Å²) in [6.07, 6.45) is 5.04. The summed E-state index contributed by atoms with van der Waals surface area (Å²) in [7, 11) is 0. The van der Waals surface area contributed by atoms with Crippen molar-refractivity contribution in [2.45, 2.75) is 82.6 Å². The maximum atomic E-state index is 14.1. The number of nitrogens with one attached hydrogen (secondary N) is 6. The molecule has 0 fully saturated rings. The molecule has 2 heterocycles. The number of nitrogens with two attached hydrogens (primary N) is 1. The normalized spacial score (nSPS) is 14.1. The Hall–Kier alpha value is -6.15. The molecule has 5 aromatic rings. The van der Waals surface area contributed by atoms with Crippen molar-refractivity contribution in [3.8, 4) is 5.75 Å². The molecule has 4 amide bonds. The summed E-state index contributed by atoms with van der Waals surface area (Å²) < 4.78 is 0. The molecule has 14 heteroatoms. The third-order valence-electron chi connectivity index (χ3n) is 9.35. The lowest BCUT2D eigenvalue weighted by Crippen LogP contribution is -2.59. The molecule has 3 aromatic carbocycles. The molecular formula is C40H47N7O7. The van der Waals surface area contributed by atoms with E-state index in [0.717, 1.165) is 27.4 Å². The number of H-pyrrole nitrogens is 2. The lowest BCUT2D eigenvalue weighted by molar-refractivity contribution is -0.142. The van der Waals surface area contributed by atoms with Crippen LogP contribution in [0.4, 0.5) is 0 Å². The minimum Gasteiger partial charge on any atom is -0.508 e. The van der Waals surface area contributed by atoms with Gasteiger partial charge in [0.25, 0.3) is 0 Å². The number of para-hydroxylation sites is 2. The van der Waals surface area contributed by atoms with Gasteiger partial charge in [0.15, 0.2) is 0 Å². The molecule has 284 valence electrons. The number of aliphatic carboxylic acids is 1. The molecule has 0 unspecified atom stereocenters. The lowest BCUT2D eigenvalue weighted by Gasteiger charge is -2.26. The number of unbranched alkanes of at least 4 members (excludes halogenated alkanes) is 1. The number of hydrogen-bond acceptors (Lipinski definition) is 7. The Morgan fingerprint density at radius 3 is 1.61 bits per heavy atom. The Morgan fingerprint density at radius 2 is 1.11 bits per heavy atom. The fourth-order valence-electron chi connectivity index (χ4n) is 6.32. The van der Waals surface area contributed by atoms with Gasteiger partial charge in [-0.05, 0) is 54.3 Å². The van der Waals surface area contributed by atoms with Crippen molar-refractivity contribution in [3.05, 3.63) is 102 Å². The van der Waals surface area contributed by atoms with Gasteiger partial charge in [0.2, 0.25) is 23.6 Å². The number of amides is 4. The first-order chi connectivity index (χ1) is 25.9. The number of carboxylic acid groups (broad SMARTS) is 1. The lowest BCUT2D eigenvalue weighted by atomic mass is 10.0. The van der Waals surface area contributed by atoms with E-state index in [4.69, 9.17) is 5.73 Å². The van der Waals surface area contributed by atoms with Crippen LogP contribution >= 0.6 is 0 Å². The van der Waals surface area contributed by atoms with Gasteiger partial charge in [-0.25, -0.2) is 4.79 Å². The third-order valence-corrected chi connectivity index (χ3v) is 9.35. The molecule has 0 aliphatic heterocycles. The van der Waals surface area contributed by atoms with Crippen LogP contribution in [-0.2, 0) is 43.2 Å². The minimum absolute atomic E-state index is 0.00914. The van der Waals surface area contributed by atoms with Gasteiger partial charge in [0.05, 0.1) is 6.04 Å². The zero-order valence-corrected chi connectivity index (χ0v) is 30.2. The summed E-state index contributed by atoms with van der Waals surface area (Å²) in [5.41, 5.74) is 9.57. The number of aromatic hydroxyl groups is 1. The number of carbonyl (C=O) groups is 5. The number of rotatable bonds is 18. The molecular weight excluding hydrogens is 690 g/mol. The van der Waals surface area contributed by atoms with Crippen LogP contribution in [0.1, 0.15) is 49.8 Å². The Bertz CT molecular complexity index is 2090. The van der Waals surface area contributed by atoms with Gasteiger partial charge in [0.1, 0.15) is 29.9 Å². The van der Waals surface area contributed by atoms with Crippen molar-refractivity contribution in [3.63, 3.8) is 0 Å². The summed E-state index contributed by atoms with van der Waals surface area (Å²) in [6, 6.07) is 15.3. The van der Waals surface area contributed by atoms with Gasteiger partial charge in [0, 0.05) is 53.5 Å². The molecule has 14 nitrogen and oxygen atoms in total. The Morgan fingerprint density at radius 1 is 0.648 bits per heavy atom. The van der Waals surface area contributed by atoms with E-state index >= 15 is 0 Å². The fraction of sp³-hybridized carbons (Fsp3) is 0.325. The minimum atomic E-state index is -1.35. The average molecular weight is 738 g/mol. The standard InChI is InChI=1S/C40H47N7O7/c1-3-4-11-32(44-38(51)33(45-36(49)23(2)41)19-25-21-42-30-12-7-5-9-28(25)30)37(50)46-34(20-26-22-43-31-13-8-6-10-29(26)31)39(52)47-35(40(53)54)18-24-14-16-27(48)17-15-24/h5-10,12-17,21-23,32-35,42-43,48H,3-4,11,18-20,41H2,1-2H3,(H,44,51)(H,45,49)(H,46,50)(H,47,52)(H,53,54)/t23-,32-,33-,34-,35+/m0/s1. The highest BCUT2D eigenvalue weighted by Gasteiger charge is 2.32. The molecule has 0 bridgehead atoms. The maximum absolute atomic E-state index is 14.1. The molecule has 2 aromatic heterocycles. The Balaban J connectivity index is 1.39. The van der Waals surface area contributed by atoms with E-state index in [1.54, 1.807) is 24.5 Å². The molecule has 5 rings (SSSR count). The summed E-state index contributed by atoms with van der Waals surface area (Å²) in [5.74, 6) is -3.80. The van der Waals surface area contributed by atoms with Crippen LogP contribution in [-0.4, -0.2) is 80.0 Å². The van der Waals surface area contributed by atoms with E-state index in [2.05, 4.69) is 31.2 Å². The molecule has 0 radical (unpaired) electrons. The number of carbonyl (C=O) groups excluding carboxylic acids is 4. The van der Waals surface area contributed by atoms with Crippen LogP contribution < -0.4 is 27.0 Å². The van der Waals surface area contributed by atoms with Crippen LogP contribution in [0, 0.1) is 0 Å². The second kappa shape index (κ2) is 18.1. The summed E-state index contributed by atoms with van der Waals surface area (Å²) in [4.78, 5) is 73.4. The highest BCUT2D eigenvalue weighted by atomic mass is 16.4. The molecule has 0 saturated carbocycles. The Kier molecular flexibility index (Phi) is 13.1. The number of carboxylic acids is 1. The number of benzene rings is 3. The number of phenolic OH excluding ortho intramolecular Hbond substituents is 1. The molecule has 0 saturated heterocycles. The van der Waals surface area contributed by atoms with Crippen molar-refractivity contribution >= 4 is 51.4 Å². The smallest absolute Gasteiger partial charge is 0.326 e. The second-order valence-corrected chi connectivity index (χ2v) is 13.5. The van der Waals surface area contributed by atoms with Gasteiger partial charge in [-0.1, -0.05) is 68.3 Å². The third kappa shape index (κ3) is 10.0. The number of aromatic amines is 2. The first-order valence-corrected chi connectivity index (χ1v) is 18.0. The SMILES string of the molecule is CCCC[C@H](NC(=O)[C@H](Cc1c[nH]c2ccccc12)NC(=O)[C@H](C)N)C(=O)N[C@@H](Cc1c[nH]c2ccccc12)C(=O)N[C@H](Cc1ccc(O)cc1)C(=O)O. The maximum Gasteiger partial charge on any atom is 0.326 e. The first kappa shape index (κ1) is 39.1. The fourth-order valence-corrected chi connectivity index (χ4v) is 6.32. The van der Waals surface area contributed by atoms with Crippen LogP contribution in [0.2, 0.25) is 0 Å². The van der Waals surface area contributed by atoms with Crippen molar-refractivity contribution in [1.29, 1.82) is 0 Å². The number of fused-ring (bicyclic) bond motifs is 2. The summed E-state index contributed by atoms with van der Waals surface area (Å²) >= 11 is 0. The molecule has 5 atom stereocenters. The molecule has 54 heavy (non-hydrogen) atoms. The molecule has 0 aliphatic carbocycles. The predicted octanol–water partition coefficient (Wildman–Crippen LogP) is 2.94. The van der Waals surface area contributed by atoms with Crippen LogP contribution in [0.5, 0.6) is 5.75 Å². The van der Waals surface area contributed by atoms with Crippen LogP contribution in [0.15, 0.2) is 85.2 Å². The quantitative estimate of drug-likeness (QED) is 0.0648. The first-order valence-electron chi connectivity index (χ1n) is 18.0. The zero-order valence-electron chi connectivity index (χ0n) is 30.2. The number of aromatic nitrogens is 2. The highest BCUT2D eigenvalue weighted by Crippen LogP contribution is 2.21. The number of hydrogen-bond donors (Lipinski definition) is 9. The summed E-state index contributed by atoms with van der Waals surface area (Å²) in [6.45, 7) is 3.44. The second-order valence-electron chi connectivity index (χ2n) is 13.5. The highest BCUT2D eigenvalue weighted by molar-refractivity contribution is 5.96. The predicted molar refractivity (Wildman–Crippen MR) is 204 cm³/mol. The average Bonchev–Trinajstić information content (AvgIpc) is 3.76.